The van der Waals surface area contributed by atoms with Crippen molar-refractivity contribution in [3.8, 4) is 0 Å². The third-order valence-corrected chi connectivity index (χ3v) is 7.18. The Morgan fingerprint density at radius 1 is 1.03 bits per heavy atom. The van der Waals surface area contributed by atoms with Gasteiger partial charge in [-0.05, 0) is 73.6 Å². The largest absolute Gasteiger partial charge is 0.374 e. The SMILES string of the molecule is CCC(CC)NC(=O)c1ccc(N2CCC(NCc3ccc4c(c3)CCN4C)CC2)cc1. The Balaban J connectivity index is 1.24. The van der Waals surface area contributed by atoms with E-state index in [0.717, 1.165) is 63.8 Å². The summed E-state index contributed by atoms with van der Waals surface area (Å²) in [4.78, 5) is 17.2. The van der Waals surface area contributed by atoms with Gasteiger partial charge in [0.1, 0.15) is 0 Å². The minimum absolute atomic E-state index is 0.0337. The Hall–Kier alpha value is -2.53. The van der Waals surface area contributed by atoms with E-state index in [0.29, 0.717) is 6.04 Å². The molecule has 2 N–H and O–H groups in total. The van der Waals surface area contributed by atoms with Crippen LogP contribution in [0.15, 0.2) is 42.5 Å². The van der Waals surface area contributed by atoms with Crippen LogP contribution in [-0.4, -0.2) is 44.7 Å². The molecule has 2 aliphatic rings. The van der Waals surface area contributed by atoms with Gasteiger partial charge in [0.05, 0.1) is 0 Å². The molecule has 172 valence electrons. The highest BCUT2D eigenvalue weighted by Gasteiger charge is 2.20. The van der Waals surface area contributed by atoms with E-state index < -0.39 is 0 Å². The molecule has 0 aliphatic carbocycles. The van der Waals surface area contributed by atoms with E-state index in [2.05, 4.69) is 71.7 Å². The van der Waals surface area contributed by atoms with Gasteiger partial charge in [-0.15, -0.1) is 0 Å². The van der Waals surface area contributed by atoms with Gasteiger partial charge in [0.25, 0.3) is 5.91 Å². The predicted molar refractivity (Wildman–Crippen MR) is 134 cm³/mol. The number of nitrogens with one attached hydrogen (secondary N) is 2. The molecular formula is C27H38N4O. The lowest BCUT2D eigenvalue weighted by Crippen LogP contribution is -2.42. The van der Waals surface area contributed by atoms with E-state index >= 15 is 0 Å². The summed E-state index contributed by atoms with van der Waals surface area (Å²) in [5.74, 6) is 0.0337. The molecular weight excluding hydrogens is 396 g/mol. The van der Waals surface area contributed by atoms with E-state index in [1.54, 1.807) is 0 Å². The van der Waals surface area contributed by atoms with Crippen LogP contribution in [0.5, 0.6) is 0 Å². The monoisotopic (exact) mass is 434 g/mol. The predicted octanol–water partition coefficient (Wildman–Crippen LogP) is 4.36. The molecule has 0 unspecified atom stereocenters. The number of carbonyl (C=O) groups is 1. The van der Waals surface area contributed by atoms with Crippen molar-refractivity contribution in [2.24, 2.45) is 0 Å². The second-order valence-corrected chi connectivity index (χ2v) is 9.31. The first kappa shape index (κ1) is 22.7. The highest BCUT2D eigenvalue weighted by atomic mass is 16.1. The fraction of sp³-hybridized carbons (Fsp3) is 0.519. The average Bonchev–Trinajstić information content (AvgIpc) is 3.21. The van der Waals surface area contributed by atoms with E-state index in [1.165, 1.54) is 22.5 Å². The molecule has 1 fully saturated rings. The zero-order valence-electron chi connectivity index (χ0n) is 19.9. The first-order chi connectivity index (χ1) is 15.6. The van der Waals surface area contributed by atoms with Crippen molar-refractivity contribution in [2.75, 3.05) is 36.5 Å². The number of carbonyl (C=O) groups excluding carboxylic acids is 1. The summed E-state index contributed by atoms with van der Waals surface area (Å²) in [6, 6.07) is 15.8. The summed E-state index contributed by atoms with van der Waals surface area (Å²) >= 11 is 0. The number of anilines is 2. The number of amides is 1. The van der Waals surface area contributed by atoms with Crippen LogP contribution in [0.1, 0.15) is 61.0 Å². The lowest BCUT2D eigenvalue weighted by molar-refractivity contribution is 0.0935. The van der Waals surface area contributed by atoms with E-state index in [9.17, 15) is 4.79 Å². The number of piperidine rings is 1. The Morgan fingerprint density at radius 3 is 2.44 bits per heavy atom. The molecule has 5 heteroatoms. The standard InChI is InChI=1S/C27H38N4O/c1-4-23(5-2)29-27(32)21-7-9-25(10-8-21)31-16-13-24(14-17-31)28-19-20-6-11-26-22(18-20)12-15-30(26)3/h6-11,18,23-24,28H,4-5,12-17,19H2,1-3H3,(H,29,32). The molecule has 0 radical (unpaired) electrons. The first-order valence-corrected chi connectivity index (χ1v) is 12.3. The van der Waals surface area contributed by atoms with Gasteiger partial charge in [-0.25, -0.2) is 0 Å². The van der Waals surface area contributed by atoms with Crippen molar-refractivity contribution in [3.63, 3.8) is 0 Å². The summed E-state index contributed by atoms with van der Waals surface area (Å²) < 4.78 is 0. The summed E-state index contributed by atoms with van der Waals surface area (Å²) in [5, 5.41) is 6.89. The fourth-order valence-electron chi connectivity index (χ4n) is 4.92. The number of hydrogen-bond donors (Lipinski definition) is 2. The lowest BCUT2D eigenvalue weighted by Gasteiger charge is -2.34. The Labute approximate surface area is 193 Å². The van der Waals surface area contributed by atoms with Crippen LogP contribution in [0.2, 0.25) is 0 Å². The normalized spacial score (nSPS) is 16.5. The minimum atomic E-state index is 0.0337. The van der Waals surface area contributed by atoms with Crippen LogP contribution in [0.3, 0.4) is 0 Å². The quantitative estimate of drug-likeness (QED) is 0.648. The zero-order valence-corrected chi connectivity index (χ0v) is 19.9. The van der Waals surface area contributed by atoms with Gasteiger partial charge in [0.2, 0.25) is 0 Å². The minimum Gasteiger partial charge on any atom is -0.374 e. The van der Waals surface area contributed by atoms with Crippen LogP contribution in [0, 0.1) is 0 Å². The molecule has 0 atom stereocenters. The molecule has 4 rings (SSSR count). The van der Waals surface area contributed by atoms with Crippen molar-refractivity contribution in [1.29, 1.82) is 0 Å². The van der Waals surface area contributed by atoms with Gasteiger partial charge >= 0.3 is 0 Å². The smallest absolute Gasteiger partial charge is 0.251 e. The number of rotatable bonds is 8. The van der Waals surface area contributed by atoms with Crippen LogP contribution in [0.4, 0.5) is 11.4 Å². The number of hydrogen-bond acceptors (Lipinski definition) is 4. The maximum atomic E-state index is 12.4. The van der Waals surface area contributed by atoms with Gasteiger partial charge in [-0.1, -0.05) is 26.0 Å². The Kier molecular flexibility index (Phi) is 7.36. The third-order valence-electron chi connectivity index (χ3n) is 7.18. The number of nitrogens with zero attached hydrogens (tertiary/aromatic N) is 2. The summed E-state index contributed by atoms with van der Waals surface area (Å²) in [7, 11) is 2.17. The average molecular weight is 435 g/mol. The first-order valence-electron chi connectivity index (χ1n) is 12.3. The molecule has 2 heterocycles. The molecule has 0 bridgehead atoms. The summed E-state index contributed by atoms with van der Waals surface area (Å²) in [6.07, 6.45) is 5.38. The molecule has 2 aliphatic heterocycles. The molecule has 2 aromatic rings. The van der Waals surface area contributed by atoms with E-state index in [1.807, 2.05) is 12.1 Å². The second-order valence-electron chi connectivity index (χ2n) is 9.31. The van der Waals surface area contributed by atoms with Gasteiger partial charge in [0, 0.05) is 62.2 Å². The van der Waals surface area contributed by atoms with Gasteiger partial charge in [-0.2, -0.15) is 0 Å². The molecule has 0 aromatic heterocycles. The molecule has 0 spiro atoms. The third kappa shape index (κ3) is 5.26. The van der Waals surface area contributed by atoms with Crippen molar-refractivity contribution >= 4 is 17.3 Å². The van der Waals surface area contributed by atoms with Gasteiger partial charge in [0.15, 0.2) is 0 Å². The van der Waals surface area contributed by atoms with E-state index in [4.69, 9.17) is 0 Å². The number of fused-ring (bicyclic) bond motifs is 1. The Bertz CT molecular complexity index is 898. The van der Waals surface area contributed by atoms with Crippen molar-refractivity contribution in [2.45, 2.75) is 64.6 Å². The highest BCUT2D eigenvalue weighted by Crippen LogP contribution is 2.27. The second kappa shape index (κ2) is 10.4. The topological polar surface area (TPSA) is 47.6 Å². The summed E-state index contributed by atoms with van der Waals surface area (Å²) in [6.45, 7) is 8.40. The highest BCUT2D eigenvalue weighted by molar-refractivity contribution is 5.94. The number of benzene rings is 2. The van der Waals surface area contributed by atoms with Crippen molar-refractivity contribution in [3.05, 3.63) is 59.2 Å². The maximum Gasteiger partial charge on any atom is 0.251 e. The molecule has 1 amide bonds. The van der Waals surface area contributed by atoms with Gasteiger partial charge in [-0.3, -0.25) is 4.79 Å². The Morgan fingerprint density at radius 2 is 1.75 bits per heavy atom. The molecule has 1 saturated heterocycles. The zero-order chi connectivity index (χ0) is 22.5. The fourth-order valence-corrected chi connectivity index (χ4v) is 4.92. The van der Waals surface area contributed by atoms with Crippen molar-refractivity contribution in [1.82, 2.24) is 10.6 Å². The summed E-state index contributed by atoms with van der Waals surface area (Å²) in [5.41, 5.74) is 6.23. The molecule has 0 saturated carbocycles. The molecule has 5 nitrogen and oxygen atoms in total. The van der Waals surface area contributed by atoms with Crippen LogP contribution in [0.25, 0.3) is 0 Å². The van der Waals surface area contributed by atoms with Crippen molar-refractivity contribution < 1.29 is 4.79 Å². The van der Waals surface area contributed by atoms with E-state index in [-0.39, 0.29) is 11.9 Å². The van der Waals surface area contributed by atoms with Gasteiger partial charge < -0.3 is 20.4 Å². The lowest BCUT2D eigenvalue weighted by atomic mass is 10.0. The van der Waals surface area contributed by atoms with Crippen LogP contribution >= 0.6 is 0 Å². The maximum absolute atomic E-state index is 12.4. The molecule has 32 heavy (non-hydrogen) atoms. The molecule has 2 aromatic carbocycles. The number of likely N-dealkylation sites (N-methyl/N-ethyl adjacent to an activating group) is 1. The van der Waals surface area contributed by atoms with Crippen LogP contribution < -0.4 is 20.4 Å². The van der Waals surface area contributed by atoms with Crippen LogP contribution in [-0.2, 0) is 13.0 Å².